The van der Waals surface area contributed by atoms with Gasteiger partial charge in [-0.05, 0) is 74.0 Å². The van der Waals surface area contributed by atoms with Gasteiger partial charge in [0, 0.05) is 37.7 Å². The van der Waals surface area contributed by atoms with Crippen LogP contribution in [0, 0.1) is 46.3 Å². The van der Waals surface area contributed by atoms with Crippen LogP contribution in [0.5, 0.6) is 0 Å². The molecule has 67 heavy (non-hydrogen) atoms. The Hall–Kier alpha value is -1.13. The zero-order valence-corrected chi connectivity index (χ0v) is 39.2. The molecule has 4 saturated heterocycles. The maximum atomic E-state index is 14.3. The fraction of sp³-hybridized carbons (Fsp3) is 0.978. The van der Waals surface area contributed by atoms with Gasteiger partial charge in [0.2, 0.25) is 0 Å². The van der Waals surface area contributed by atoms with Crippen LogP contribution in [0.15, 0.2) is 0 Å². The molecule has 4 saturated carbocycles. The van der Waals surface area contributed by atoms with E-state index in [0.717, 1.165) is 6.42 Å². The van der Waals surface area contributed by atoms with E-state index in [0.29, 0.717) is 25.7 Å². The highest BCUT2D eigenvalue weighted by Gasteiger charge is 2.73. The fourth-order valence-electron chi connectivity index (χ4n) is 14.3. The van der Waals surface area contributed by atoms with E-state index < -0.39 is 140 Å². The minimum atomic E-state index is -1.81. The molecule has 8 rings (SSSR count). The lowest BCUT2D eigenvalue weighted by Crippen LogP contribution is -2.71. The normalized spacial score (nSPS) is 55.9. The number of carbonyl (C=O) groups excluding carboxylic acids is 1. The number of ketones is 1. The molecule has 0 bridgehead atoms. The van der Waals surface area contributed by atoms with E-state index >= 15 is 0 Å². The van der Waals surface area contributed by atoms with Crippen LogP contribution in [0.25, 0.3) is 0 Å². The molecular weight excluding hydrogens is 888 g/mol. The average Bonchev–Trinajstić information content (AvgIpc) is 3.75. The van der Waals surface area contributed by atoms with E-state index in [1.165, 1.54) is 6.92 Å². The maximum Gasteiger partial charge on any atom is 0.187 e. The van der Waals surface area contributed by atoms with Crippen molar-refractivity contribution in [1.29, 1.82) is 0 Å². The SMILES string of the molecule is CO[C@]1(CC[C@@H](C)CO[C@@H]2O[C@H](CO)[C@@H](O)[C@H](O)[C@H]2O)O[C@H]2C[C@@H]3[C@@H]4C[C@H](O)[C@@]5(O)C[C@@H](O[C@@H]6O[C@H](CO)[C@@H](O)[C@H](O)[C@H]6O[C@@H]6O[C@@H](C)[C@H](O)[C@@H](O)[C@H]6O)C(=O)C[C@]5(C)[C@H]4CC[C@]3(C)[C@H]2[C@@H]1C. The van der Waals surface area contributed by atoms with E-state index in [-0.39, 0.29) is 72.9 Å². The molecule has 0 amide bonds. The van der Waals surface area contributed by atoms with Crippen molar-refractivity contribution in [2.45, 2.75) is 208 Å². The molecule has 8 aliphatic rings. The van der Waals surface area contributed by atoms with Crippen LogP contribution in [-0.4, -0.2) is 216 Å². The lowest BCUT2D eigenvalue weighted by molar-refractivity contribution is -0.370. The van der Waals surface area contributed by atoms with Gasteiger partial charge in [-0.25, -0.2) is 0 Å². The third-order valence-corrected chi connectivity index (χ3v) is 18.3. The Kier molecular flexibility index (Phi) is 15.1. The number of aliphatic hydroxyl groups excluding tert-OH is 11. The van der Waals surface area contributed by atoms with Crippen LogP contribution in [0.3, 0.4) is 0 Å². The fourth-order valence-corrected chi connectivity index (χ4v) is 14.3. The van der Waals surface area contributed by atoms with E-state index in [9.17, 15) is 66.1 Å². The number of aliphatic hydroxyl groups is 12. The largest absolute Gasteiger partial charge is 0.394 e. The van der Waals surface area contributed by atoms with Crippen LogP contribution < -0.4 is 0 Å². The van der Waals surface area contributed by atoms with Crippen molar-refractivity contribution in [3.05, 3.63) is 0 Å². The highest BCUT2D eigenvalue weighted by Crippen LogP contribution is 2.71. The molecule has 0 aromatic carbocycles. The van der Waals surface area contributed by atoms with Crippen LogP contribution in [0.4, 0.5) is 0 Å². The smallest absolute Gasteiger partial charge is 0.187 e. The third-order valence-electron chi connectivity index (χ3n) is 18.3. The first kappa shape index (κ1) is 52.2. The summed E-state index contributed by atoms with van der Waals surface area (Å²) >= 11 is 0. The molecule has 0 spiro atoms. The summed E-state index contributed by atoms with van der Waals surface area (Å²) in [5.74, 6) is -1.38. The minimum Gasteiger partial charge on any atom is -0.394 e. The van der Waals surface area contributed by atoms with Crippen molar-refractivity contribution >= 4 is 5.78 Å². The molecule has 8 fully saturated rings. The Balaban J connectivity index is 0.929. The number of methoxy groups -OCH3 is 1. The molecule has 4 aliphatic carbocycles. The summed E-state index contributed by atoms with van der Waals surface area (Å²) in [5, 5.41) is 128. The first-order valence-corrected chi connectivity index (χ1v) is 24.2. The Morgan fingerprint density at radius 3 is 2.04 bits per heavy atom. The van der Waals surface area contributed by atoms with Crippen molar-refractivity contribution < 1.29 is 104 Å². The van der Waals surface area contributed by atoms with Crippen LogP contribution in [-0.2, 0) is 42.7 Å². The first-order valence-electron chi connectivity index (χ1n) is 24.2. The topological polar surface area (TPSA) is 334 Å². The molecular formula is C46H76O21. The predicted molar refractivity (Wildman–Crippen MR) is 226 cm³/mol. The monoisotopic (exact) mass is 964 g/mol. The molecule has 21 nitrogen and oxygen atoms in total. The Morgan fingerprint density at radius 1 is 0.761 bits per heavy atom. The molecule has 0 unspecified atom stereocenters. The molecule has 386 valence electrons. The third kappa shape index (κ3) is 8.58. The van der Waals surface area contributed by atoms with Gasteiger partial charge in [0.05, 0.1) is 43.7 Å². The Morgan fingerprint density at radius 2 is 1.39 bits per heavy atom. The van der Waals surface area contributed by atoms with Gasteiger partial charge < -0.3 is 99.2 Å². The van der Waals surface area contributed by atoms with Gasteiger partial charge in [0.25, 0.3) is 0 Å². The minimum absolute atomic E-state index is 0.0318. The molecule has 4 heterocycles. The maximum absolute atomic E-state index is 14.3. The number of carbonyl (C=O) groups is 1. The number of Topliss-reactive ketones (excluding diaryl/α,β-unsaturated/α-hetero) is 1. The molecule has 12 N–H and O–H groups in total. The number of hydrogen-bond acceptors (Lipinski definition) is 21. The summed E-state index contributed by atoms with van der Waals surface area (Å²) in [6.07, 6.45) is -22.3. The number of fused-ring (bicyclic) bond motifs is 7. The van der Waals surface area contributed by atoms with Gasteiger partial charge in [0.15, 0.2) is 30.4 Å². The average molecular weight is 965 g/mol. The predicted octanol–water partition coefficient (Wildman–Crippen LogP) is -2.83. The van der Waals surface area contributed by atoms with Gasteiger partial charge in [-0.2, -0.15) is 0 Å². The van der Waals surface area contributed by atoms with E-state index in [1.54, 1.807) is 7.11 Å². The Bertz CT molecular complexity index is 1730. The second kappa shape index (κ2) is 19.4. The van der Waals surface area contributed by atoms with Crippen molar-refractivity contribution in [2.24, 2.45) is 46.3 Å². The number of ether oxygens (including phenoxy) is 8. The molecule has 28 atom stereocenters. The van der Waals surface area contributed by atoms with Crippen LogP contribution in [0.2, 0.25) is 0 Å². The van der Waals surface area contributed by atoms with Crippen LogP contribution >= 0.6 is 0 Å². The summed E-state index contributed by atoms with van der Waals surface area (Å²) in [6.45, 7) is 8.59. The van der Waals surface area contributed by atoms with E-state index in [1.807, 2.05) is 13.8 Å². The molecule has 0 aromatic heterocycles. The quantitative estimate of drug-likeness (QED) is 0.0828. The van der Waals surface area contributed by atoms with Gasteiger partial charge in [-0.3, -0.25) is 4.79 Å². The standard InChI is InChI=1S/C46H76O21/c1-18(17-61-40-37(57)35(55)32(52)27(15-47)64-40)7-10-46(60-6)19(2)30-25(67-46)12-23-21-11-29(50)45(59)14-26(24(49)13-44(45,5)22(21)8-9-43(23,30)4)63-42-39(36(56)33(53)28(16-48)65-42)66-41-38(58)34(54)31(51)20(3)62-41/h18-23,25-42,47-48,50-59H,7-17H2,1-6H3/t18-,19+,20+,21-,22+,23-,25+,26-,27-,28-,29+,30+,31+,32-,33-,34-,35+,36+,37-,38-,39-,40-,41+,42-,43+,44-,45+,46-/m1/s1. The van der Waals surface area contributed by atoms with E-state index in [4.69, 9.17) is 37.9 Å². The summed E-state index contributed by atoms with van der Waals surface area (Å²) < 4.78 is 48.0. The van der Waals surface area contributed by atoms with Crippen molar-refractivity contribution in [2.75, 3.05) is 26.9 Å². The molecule has 0 radical (unpaired) electrons. The molecule has 4 aliphatic heterocycles. The number of rotatable bonds is 13. The van der Waals surface area contributed by atoms with Gasteiger partial charge in [-0.15, -0.1) is 0 Å². The zero-order valence-electron chi connectivity index (χ0n) is 39.2. The van der Waals surface area contributed by atoms with E-state index in [2.05, 4.69) is 13.8 Å². The van der Waals surface area contributed by atoms with Crippen molar-refractivity contribution in [3.8, 4) is 0 Å². The van der Waals surface area contributed by atoms with Gasteiger partial charge in [-0.1, -0.05) is 27.7 Å². The van der Waals surface area contributed by atoms with Crippen LogP contribution in [0.1, 0.15) is 86.0 Å². The molecule has 21 heteroatoms. The van der Waals surface area contributed by atoms with Gasteiger partial charge >= 0.3 is 0 Å². The summed E-state index contributed by atoms with van der Waals surface area (Å²) in [7, 11) is 1.65. The summed E-state index contributed by atoms with van der Waals surface area (Å²) in [4.78, 5) is 14.3. The second-order valence-electron chi connectivity index (χ2n) is 21.9. The lowest BCUT2D eigenvalue weighted by Gasteiger charge is -2.65. The number of hydrogen-bond donors (Lipinski definition) is 12. The second-order valence-corrected chi connectivity index (χ2v) is 21.9. The highest BCUT2D eigenvalue weighted by molar-refractivity contribution is 5.85. The lowest BCUT2D eigenvalue weighted by atomic mass is 9.42. The van der Waals surface area contributed by atoms with Crippen molar-refractivity contribution in [1.82, 2.24) is 0 Å². The van der Waals surface area contributed by atoms with Gasteiger partial charge in [0.1, 0.15) is 73.2 Å². The Labute approximate surface area is 390 Å². The highest BCUT2D eigenvalue weighted by atomic mass is 16.8. The first-order chi connectivity index (χ1) is 31.5. The summed E-state index contributed by atoms with van der Waals surface area (Å²) in [5.41, 5.74) is -3.09. The van der Waals surface area contributed by atoms with Crippen molar-refractivity contribution in [3.63, 3.8) is 0 Å². The zero-order chi connectivity index (χ0) is 48.9. The molecule has 0 aromatic rings. The summed E-state index contributed by atoms with van der Waals surface area (Å²) in [6, 6.07) is 0.